The van der Waals surface area contributed by atoms with E-state index in [1.807, 2.05) is 0 Å². The van der Waals surface area contributed by atoms with Gasteiger partial charge >= 0.3 is 0 Å². The maximum atomic E-state index is 5.86. The molecule has 8 heteroatoms. The average molecular weight is 467 g/mol. The van der Waals surface area contributed by atoms with E-state index >= 15 is 0 Å². The number of benzene rings is 2. The summed E-state index contributed by atoms with van der Waals surface area (Å²) in [7, 11) is 0. The summed E-state index contributed by atoms with van der Waals surface area (Å²) in [6.45, 7) is 8.19. The smallest absolute Gasteiger partial charge is 0.244 e. The van der Waals surface area contributed by atoms with Crippen LogP contribution in [0.3, 0.4) is 0 Å². The summed E-state index contributed by atoms with van der Waals surface area (Å²) in [4.78, 5) is 0. The topological polar surface area (TPSA) is 54.5 Å². The second-order valence-corrected chi connectivity index (χ2v) is 8.43. The van der Waals surface area contributed by atoms with Crippen LogP contribution in [-0.2, 0) is 45.1 Å². The Labute approximate surface area is 199 Å². The largest absolute Gasteiger partial charge is 0.375 e. The number of para-hydroxylation sites is 4. The average Bonchev–Trinajstić information content (AvgIpc) is 3.40. The van der Waals surface area contributed by atoms with Gasteiger partial charge in [-0.1, -0.05) is 24.3 Å². The van der Waals surface area contributed by atoms with Crippen molar-refractivity contribution in [1.29, 1.82) is 0 Å². The first-order chi connectivity index (χ1) is 16.9. The summed E-state index contributed by atoms with van der Waals surface area (Å²) in [5.74, 6) is 0. The third-order valence-electron chi connectivity index (χ3n) is 6.21. The van der Waals surface area contributed by atoms with Crippen molar-refractivity contribution in [1.82, 2.24) is 9.13 Å². The van der Waals surface area contributed by atoms with Gasteiger partial charge in [-0.3, -0.25) is 0 Å². The van der Waals surface area contributed by atoms with Crippen LogP contribution in [0, 0.1) is 0 Å². The lowest BCUT2D eigenvalue weighted by Crippen LogP contribution is -2.35. The minimum absolute atomic E-state index is 0.594. The van der Waals surface area contributed by atoms with Crippen LogP contribution >= 0.6 is 0 Å². The van der Waals surface area contributed by atoms with Crippen LogP contribution in [0.1, 0.15) is 0 Å². The maximum Gasteiger partial charge on any atom is 0.244 e. The van der Waals surface area contributed by atoms with Gasteiger partial charge in [0.05, 0.1) is 52.9 Å². The second-order valence-electron chi connectivity index (χ2n) is 8.43. The van der Waals surface area contributed by atoms with Crippen LogP contribution in [0.15, 0.2) is 61.2 Å². The molecule has 5 rings (SSSR count). The van der Waals surface area contributed by atoms with Crippen LogP contribution in [0.4, 0.5) is 0 Å². The Kier molecular flexibility index (Phi) is 7.82. The van der Waals surface area contributed by atoms with E-state index in [2.05, 4.69) is 79.5 Å². The van der Waals surface area contributed by atoms with Gasteiger partial charge in [0, 0.05) is 0 Å². The molecule has 0 atom stereocenters. The van der Waals surface area contributed by atoms with Crippen molar-refractivity contribution in [2.75, 3.05) is 52.9 Å². The van der Waals surface area contributed by atoms with Crippen molar-refractivity contribution in [3.8, 4) is 0 Å². The molecule has 4 bridgehead atoms. The molecule has 0 spiro atoms. The molecule has 180 valence electrons. The molecule has 0 N–H and O–H groups in total. The summed E-state index contributed by atoms with van der Waals surface area (Å²) in [5.41, 5.74) is 4.83. The summed E-state index contributed by atoms with van der Waals surface area (Å²) in [6, 6.07) is 16.9. The Morgan fingerprint density at radius 1 is 0.500 bits per heavy atom. The third-order valence-corrected chi connectivity index (χ3v) is 6.21. The lowest BCUT2D eigenvalue weighted by Gasteiger charge is -2.05. The molecule has 0 aliphatic carbocycles. The molecule has 3 heterocycles. The molecule has 0 saturated heterocycles. The molecule has 2 aromatic carbocycles. The lowest BCUT2D eigenvalue weighted by atomic mass is 10.3. The van der Waals surface area contributed by atoms with E-state index in [0.717, 1.165) is 26.2 Å². The molecule has 0 saturated carbocycles. The fraction of sp³-hybridized carbons (Fsp3) is 0.462. The zero-order valence-corrected chi connectivity index (χ0v) is 19.7. The third kappa shape index (κ3) is 5.47. The summed E-state index contributed by atoms with van der Waals surface area (Å²) in [6.07, 6.45) is 4.31. The van der Waals surface area contributed by atoms with Gasteiger partial charge in [0.2, 0.25) is 12.7 Å². The number of rotatable bonds is 0. The number of imidazole rings is 2. The Morgan fingerprint density at radius 3 is 1.38 bits per heavy atom. The first kappa shape index (κ1) is 23.0. The van der Waals surface area contributed by atoms with Crippen molar-refractivity contribution >= 4 is 22.1 Å². The highest BCUT2D eigenvalue weighted by molar-refractivity contribution is 5.72. The molecule has 2 aromatic heterocycles. The highest BCUT2D eigenvalue weighted by atomic mass is 16.5. The van der Waals surface area contributed by atoms with E-state index in [0.29, 0.717) is 52.9 Å². The molecule has 0 fully saturated rings. The fourth-order valence-electron chi connectivity index (χ4n) is 4.49. The molecule has 1 aliphatic heterocycles. The van der Waals surface area contributed by atoms with Crippen molar-refractivity contribution in [3.05, 3.63) is 61.2 Å². The quantitative estimate of drug-likeness (QED) is 0.372. The van der Waals surface area contributed by atoms with Crippen molar-refractivity contribution in [3.63, 3.8) is 0 Å². The minimum atomic E-state index is 0.594. The van der Waals surface area contributed by atoms with Crippen molar-refractivity contribution in [2.24, 2.45) is 0 Å². The summed E-state index contributed by atoms with van der Waals surface area (Å²) in [5, 5.41) is 0. The van der Waals surface area contributed by atoms with E-state index in [1.165, 1.54) is 22.1 Å². The first-order valence-corrected chi connectivity index (χ1v) is 12.2. The summed E-state index contributed by atoms with van der Waals surface area (Å²) < 4.78 is 32.4. The molecular weight excluding hydrogens is 432 g/mol. The molecule has 0 amide bonds. The Morgan fingerprint density at radius 2 is 0.912 bits per heavy atom. The van der Waals surface area contributed by atoms with E-state index in [1.54, 1.807) is 0 Å². The monoisotopic (exact) mass is 466 g/mol. The number of nitrogens with zero attached hydrogens (tertiary/aromatic N) is 4. The fourth-order valence-corrected chi connectivity index (χ4v) is 4.49. The molecule has 0 unspecified atom stereocenters. The van der Waals surface area contributed by atoms with Crippen molar-refractivity contribution < 1.29 is 28.1 Å². The van der Waals surface area contributed by atoms with E-state index in [9.17, 15) is 0 Å². The highest BCUT2D eigenvalue weighted by Crippen LogP contribution is 2.12. The van der Waals surface area contributed by atoms with Crippen molar-refractivity contribution in [2.45, 2.75) is 26.2 Å². The Bertz CT molecular complexity index is 1020. The van der Waals surface area contributed by atoms with E-state index < -0.39 is 0 Å². The van der Waals surface area contributed by atoms with Gasteiger partial charge < -0.3 is 18.9 Å². The molecule has 0 radical (unpaired) electrons. The minimum Gasteiger partial charge on any atom is -0.375 e. The molecule has 1 aliphatic rings. The zero-order chi connectivity index (χ0) is 23.0. The molecular formula is C26H34N4O4+2. The number of hydrogen-bond acceptors (Lipinski definition) is 4. The van der Waals surface area contributed by atoms with Gasteiger partial charge in [-0.05, 0) is 24.3 Å². The number of ether oxygens (including phenoxy) is 4. The predicted molar refractivity (Wildman–Crippen MR) is 128 cm³/mol. The number of fused-ring (bicyclic) bond motifs is 10. The van der Waals surface area contributed by atoms with Crippen LogP contribution < -0.4 is 9.13 Å². The van der Waals surface area contributed by atoms with Crippen LogP contribution in [-0.4, -0.2) is 62.0 Å². The standard InChI is InChI=1S/C26H34N4O4/c1-2-6-24-23(5-1)27-9-13-31-17-18-33-15-11-29-22-30(26-8-4-3-7-25(26)29)12-16-34-20-19-32-14-10-28(24)21-27/h1-8,21-22H,9-20H2/q+2. The van der Waals surface area contributed by atoms with E-state index in [4.69, 9.17) is 18.9 Å². The second kappa shape index (κ2) is 11.6. The van der Waals surface area contributed by atoms with Crippen LogP contribution in [0.5, 0.6) is 0 Å². The lowest BCUT2D eigenvalue weighted by molar-refractivity contribution is -0.674. The normalized spacial score (nSPS) is 17.9. The Hall–Kier alpha value is -2.78. The first-order valence-electron chi connectivity index (χ1n) is 12.2. The van der Waals surface area contributed by atoms with Crippen LogP contribution in [0.2, 0.25) is 0 Å². The Balaban J connectivity index is 1.23. The highest BCUT2D eigenvalue weighted by Gasteiger charge is 2.16. The van der Waals surface area contributed by atoms with Gasteiger partial charge in [-0.15, -0.1) is 0 Å². The van der Waals surface area contributed by atoms with Gasteiger partial charge in [0.15, 0.2) is 22.1 Å². The molecule has 34 heavy (non-hydrogen) atoms. The molecule has 4 aromatic rings. The van der Waals surface area contributed by atoms with E-state index in [-0.39, 0.29) is 0 Å². The SMILES string of the molecule is c1ccc2c(c1)n1c[n+]2CCOCCOCCn2c[n+](c3ccccc32)CCOCCOCC1. The number of aromatic nitrogens is 4. The van der Waals surface area contributed by atoms with Crippen LogP contribution in [0.25, 0.3) is 22.1 Å². The zero-order valence-electron chi connectivity index (χ0n) is 19.7. The van der Waals surface area contributed by atoms with Gasteiger partial charge in [-0.2, -0.15) is 0 Å². The molecule has 8 nitrogen and oxygen atoms in total. The predicted octanol–water partition coefficient (Wildman–Crippen LogP) is 1.95. The van der Waals surface area contributed by atoms with Gasteiger partial charge in [0.25, 0.3) is 0 Å². The van der Waals surface area contributed by atoms with Gasteiger partial charge in [-0.25, -0.2) is 18.3 Å². The number of hydrogen-bond donors (Lipinski definition) is 0. The van der Waals surface area contributed by atoms with Gasteiger partial charge in [0.1, 0.15) is 26.2 Å². The maximum absolute atomic E-state index is 5.86. The summed E-state index contributed by atoms with van der Waals surface area (Å²) >= 11 is 0.